The summed E-state index contributed by atoms with van der Waals surface area (Å²) in [6, 6.07) is 4.07. The van der Waals surface area contributed by atoms with Crippen LogP contribution in [0.1, 0.15) is 18.9 Å². The summed E-state index contributed by atoms with van der Waals surface area (Å²) in [5.41, 5.74) is 4.23. The Hall–Kier alpha value is -2.76. The van der Waals surface area contributed by atoms with Crippen molar-refractivity contribution in [2.24, 2.45) is 0 Å². The molecule has 0 saturated heterocycles. The number of nitrogens with zero attached hydrogens (tertiary/aromatic N) is 6. The van der Waals surface area contributed by atoms with E-state index in [1.54, 1.807) is 12.5 Å². The van der Waals surface area contributed by atoms with Gasteiger partial charge in [-0.3, -0.25) is 4.98 Å². The van der Waals surface area contributed by atoms with Crippen LogP contribution in [0.3, 0.4) is 0 Å². The predicted octanol–water partition coefficient (Wildman–Crippen LogP) is 2.53. The molecule has 3 aromatic heterocycles. The molecule has 4 rings (SSSR count). The van der Waals surface area contributed by atoms with Crippen molar-refractivity contribution in [1.82, 2.24) is 24.5 Å². The Balaban J connectivity index is 1.69. The highest BCUT2D eigenvalue weighted by Gasteiger charge is 2.19. The molecule has 6 nitrogen and oxygen atoms in total. The molecule has 0 unspecified atom stereocenters. The molecule has 0 aliphatic carbocycles. The molecule has 6 heteroatoms. The number of rotatable bonds is 3. The molecule has 0 saturated carbocycles. The van der Waals surface area contributed by atoms with Gasteiger partial charge in [0.15, 0.2) is 17.0 Å². The Morgan fingerprint density at radius 3 is 3.00 bits per heavy atom. The van der Waals surface area contributed by atoms with Gasteiger partial charge in [-0.2, -0.15) is 0 Å². The molecule has 0 radical (unpaired) electrons. The second-order valence-electron chi connectivity index (χ2n) is 5.58. The lowest BCUT2D eigenvalue weighted by molar-refractivity contribution is 0.776. The third-order valence-electron chi connectivity index (χ3n) is 4.21. The molecule has 4 heterocycles. The molecule has 0 N–H and O–H groups in total. The molecule has 3 aromatic rings. The van der Waals surface area contributed by atoms with Crippen LogP contribution in [-0.4, -0.2) is 37.6 Å². The van der Waals surface area contributed by atoms with Crippen molar-refractivity contribution < 1.29 is 0 Å². The fourth-order valence-corrected chi connectivity index (χ4v) is 3.02. The molecule has 1 aliphatic heterocycles. The molecule has 0 amide bonds. The van der Waals surface area contributed by atoms with Crippen molar-refractivity contribution >= 4 is 22.6 Å². The molecule has 116 valence electrons. The van der Waals surface area contributed by atoms with Crippen molar-refractivity contribution in [3.05, 3.63) is 48.8 Å². The molecule has 23 heavy (non-hydrogen) atoms. The second-order valence-corrected chi connectivity index (χ2v) is 5.58. The first-order valence-electron chi connectivity index (χ1n) is 7.87. The van der Waals surface area contributed by atoms with Gasteiger partial charge in [0.1, 0.15) is 6.33 Å². The van der Waals surface area contributed by atoms with Gasteiger partial charge in [-0.15, -0.1) is 0 Å². The number of hydrogen-bond donors (Lipinski definition) is 0. The summed E-state index contributed by atoms with van der Waals surface area (Å²) in [5, 5.41) is 0. The highest BCUT2D eigenvalue weighted by Crippen LogP contribution is 2.27. The maximum Gasteiger partial charge on any atom is 0.165 e. The van der Waals surface area contributed by atoms with Crippen LogP contribution in [0.25, 0.3) is 16.7 Å². The third-order valence-corrected chi connectivity index (χ3v) is 4.21. The van der Waals surface area contributed by atoms with Crippen molar-refractivity contribution in [2.75, 3.05) is 18.0 Å². The predicted molar refractivity (Wildman–Crippen MR) is 90.0 cm³/mol. The first-order valence-corrected chi connectivity index (χ1v) is 7.87. The Bertz CT molecular complexity index is 852. The van der Waals surface area contributed by atoms with E-state index >= 15 is 0 Å². The highest BCUT2D eigenvalue weighted by atomic mass is 15.2. The monoisotopic (exact) mass is 306 g/mol. The number of hydrogen-bond acceptors (Lipinski definition) is 5. The van der Waals surface area contributed by atoms with Gasteiger partial charge in [0.25, 0.3) is 0 Å². The lowest BCUT2D eigenvalue weighted by atomic mass is 10.0. The first kappa shape index (κ1) is 13.9. The SMILES string of the molecule is CCn1cnc2c(N3CCC=C(c4cccnc4)C3)ncnc21. The fraction of sp³-hybridized carbons (Fsp3) is 0.294. The quantitative estimate of drug-likeness (QED) is 0.744. The van der Waals surface area contributed by atoms with E-state index in [4.69, 9.17) is 0 Å². The summed E-state index contributed by atoms with van der Waals surface area (Å²) in [4.78, 5) is 19.9. The largest absolute Gasteiger partial charge is 0.350 e. The molecule has 0 aromatic carbocycles. The van der Waals surface area contributed by atoms with Crippen LogP contribution in [0.15, 0.2) is 43.3 Å². The van der Waals surface area contributed by atoms with E-state index < -0.39 is 0 Å². The smallest absolute Gasteiger partial charge is 0.165 e. The average Bonchev–Trinajstić information content (AvgIpc) is 3.06. The van der Waals surface area contributed by atoms with Gasteiger partial charge < -0.3 is 9.47 Å². The van der Waals surface area contributed by atoms with Crippen LogP contribution in [0.2, 0.25) is 0 Å². The zero-order valence-corrected chi connectivity index (χ0v) is 13.1. The van der Waals surface area contributed by atoms with Crippen molar-refractivity contribution in [3.63, 3.8) is 0 Å². The summed E-state index contributed by atoms with van der Waals surface area (Å²) in [6.07, 6.45) is 10.5. The van der Waals surface area contributed by atoms with E-state index in [1.165, 1.54) is 11.1 Å². The Morgan fingerprint density at radius 2 is 2.17 bits per heavy atom. The third kappa shape index (κ3) is 2.46. The van der Waals surface area contributed by atoms with Gasteiger partial charge in [0, 0.05) is 32.0 Å². The summed E-state index contributed by atoms with van der Waals surface area (Å²) in [6.45, 7) is 4.70. The highest BCUT2D eigenvalue weighted by molar-refractivity contribution is 5.85. The number of anilines is 1. The van der Waals surface area contributed by atoms with Crippen LogP contribution >= 0.6 is 0 Å². The second kappa shape index (κ2) is 5.79. The maximum absolute atomic E-state index is 4.53. The van der Waals surface area contributed by atoms with E-state index in [2.05, 4.69) is 43.9 Å². The minimum Gasteiger partial charge on any atom is -0.350 e. The lowest BCUT2D eigenvalue weighted by Crippen LogP contribution is -2.30. The van der Waals surface area contributed by atoms with E-state index in [0.29, 0.717) is 0 Å². The van der Waals surface area contributed by atoms with Gasteiger partial charge in [0.2, 0.25) is 0 Å². The van der Waals surface area contributed by atoms with Crippen LogP contribution in [0, 0.1) is 0 Å². The standard InChI is InChI=1S/C17H18N6/c1-2-22-12-21-15-16(22)19-11-20-17(15)23-8-4-6-14(10-23)13-5-3-7-18-9-13/h3,5-7,9,11-12H,2,4,8,10H2,1H3. The van der Waals surface area contributed by atoms with Gasteiger partial charge in [0.05, 0.1) is 6.33 Å². The Kier molecular flexibility index (Phi) is 3.49. The number of aromatic nitrogens is 5. The van der Waals surface area contributed by atoms with Crippen LogP contribution in [0.4, 0.5) is 5.82 Å². The minimum atomic E-state index is 0.816. The summed E-state index contributed by atoms with van der Waals surface area (Å²) in [5.74, 6) is 0.914. The molecule has 0 atom stereocenters. The normalized spacial score (nSPS) is 15.0. The van der Waals surface area contributed by atoms with E-state index in [0.717, 1.165) is 43.0 Å². The van der Waals surface area contributed by atoms with E-state index in [1.807, 2.05) is 23.2 Å². The Labute approximate surface area is 134 Å². The van der Waals surface area contributed by atoms with Crippen LogP contribution in [-0.2, 0) is 6.54 Å². The van der Waals surface area contributed by atoms with Gasteiger partial charge in [-0.1, -0.05) is 12.1 Å². The van der Waals surface area contributed by atoms with Crippen molar-refractivity contribution in [2.45, 2.75) is 19.9 Å². The summed E-state index contributed by atoms with van der Waals surface area (Å²) < 4.78 is 2.04. The number of fused-ring (bicyclic) bond motifs is 1. The number of pyridine rings is 1. The summed E-state index contributed by atoms with van der Waals surface area (Å²) >= 11 is 0. The van der Waals surface area contributed by atoms with Crippen LogP contribution < -0.4 is 4.90 Å². The molecular weight excluding hydrogens is 288 g/mol. The van der Waals surface area contributed by atoms with E-state index in [-0.39, 0.29) is 0 Å². The maximum atomic E-state index is 4.53. The van der Waals surface area contributed by atoms with Gasteiger partial charge >= 0.3 is 0 Å². The topological polar surface area (TPSA) is 59.7 Å². The van der Waals surface area contributed by atoms with E-state index in [9.17, 15) is 0 Å². The fourth-order valence-electron chi connectivity index (χ4n) is 3.02. The molecule has 0 fully saturated rings. The van der Waals surface area contributed by atoms with Crippen molar-refractivity contribution in [3.8, 4) is 0 Å². The minimum absolute atomic E-state index is 0.816. The zero-order valence-electron chi connectivity index (χ0n) is 13.1. The molecule has 0 bridgehead atoms. The zero-order chi connectivity index (χ0) is 15.6. The number of imidazole rings is 1. The summed E-state index contributed by atoms with van der Waals surface area (Å²) in [7, 11) is 0. The van der Waals surface area contributed by atoms with Crippen LogP contribution in [0.5, 0.6) is 0 Å². The molecule has 1 aliphatic rings. The molecule has 0 spiro atoms. The van der Waals surface area contributed by atoms with Crippen molar-refractivity contribution in [1.29, 1.82) is 0 Å². The van der Waals surface area contributed by atoms with Gasteiger partial charge in [-0.25, -0.2) is 15.0 Å². The first-order chi connectivity index (χ1) is 11.4. The number of aryl methyl sites for hydroxylation is 1. The lowest BCUT2D eigenvalue weighted by Gasteiger charge is -2.28. The Morgan fingerprint density at radius 1 is 1.22 bits per heavy atom. The molecular formula is C17H18N6. The van der Waals surface area contributed by atoms with Gasteiger partial charge in [-0.05, 0) is 30.5 Å². The average molecular weight is 306 g/mol.